The Balaban J connectivity index is 2.30. The minimum absolute atomic E-state index is 0.227. The monoisotopic (exact) mass is 228 g/mol. The van der Waals surface area contributed by atoms with Gasteiger partial charge in [0.2, 0.25) is 5.95 Å². The molecule has 0 saturated carbocycles. The molecule has 0 aliphatic carbocycles. The van der Waals surface area contributed by atoms with Gasteiger partial charge < -0.3 is 5.73 Å². The number of amides is 1. The first-order valence-corrected chi connectivity index (χ1v) is 5.09. The van der Waals surface area contributed by atoms with Gasteiger partial charge in [-0.1, -0.05) is 12.1 Å². The second-order valence-electron chi connectivity index (χ2n) is 3.50. The first kappa shape index (κ1) is 11.1. The van der Waals surface area contributed by atoms with Crippen molar-refractivity contribution in [3.8, 4) is 0 Å². The van der Waals surface area contributed by atoms with Gasteiger partial charge in [-0.25, -0.2) is 9.97 Å². The lowest BCUT2D eigenvalue weighted by molar-refractivity contribution is 0.0992. The molecule has 17 heavy (non-hydrogen) atoms. The Morgan fingerprint density at radius 3 is 2.47 bits per heavy atom. The van der Waals surface area contributed by atoms with Gasteiger partial charge in [0.1, 0.15) is 0 Å². The van der Waals surface area contributed by atoms with E-state index in [1.165, 1.54) is 4.90 Å². The molecule has 0 radical (unpaired) electrons. The third-order valence-electron chi connectivity index (χ3n) is 2.35. The smallest absolute Gasteiger partial charge is 0.262 e. The van der Waals surface area contributed by atoms with E-state index in [-0.39, 0.29) is 5.91 Å². The highest BCUT2D eigenvalue weighted by Gasteiger charge is 2.16. The third kappa shape index (κ3) is 2.23. The molecular formula is C12H12N4O. The number of para-hydroxylation sites is 1. The van der Waals surface area contributed by atoms with Crippen LogP contribution in [0.15, 0.2) is 42.7 Å². The molecule has 2 rings (SSSR count). The van der Waals surface area contributed by atoms with Gasteiger partial charge in [-0.05, 0) is 18.2 Å². The number of nitrogen functional groups attached to an aromatic ring is 1. The normalized spacial score (nSPS) is 9.94. The Labute approximate surface area is 98.9 Å². The Morgan fingerprint density at radius 2 is 1.82 bits per heavy atom. The number of rotatable bonds is 2. The van der Waals surface area contributed by atoms with Gasteiger partial charge in [-0.3, -0.25) is 9.69 Å². The molecule has 5 heteroatoms. The molecular weight excluding hydrogens is 216 g/mol. The summed E-state index contributed by atoms with van der Waals surface area (Å²) in [5.41, 5.74) is 6.64. The summed E-state index contributed by atoms with van der Waals surface area (Å²) in [6.07, 6.45) is 3.17. The standard InChI is InChI=1S/C12H12N4O/c1-16(12-14-7-4-8-15-12)11(17)9-5-2-3-6-10(9)13/h2-8H,13H2,1H3. The van der Waals surface area contributed by atoms with Gasteiger partial charge in [-0.15, -0.1) is 0 Å². The molecule has 1 aromatic carbocycles. The van der Waals surface area contributed by atoms with Gasteiger partial charge in [-0.2, -0.15) is 0 Å². The molecule has 0 atom stereocenters. The van der Waals surface area contributed by atoms with Crippen LogP contribution < -0.4 is 10.6 Å². The summed E-state index contributed by atoms with van der Waals surface area (Å²) in [4.78, 5) is 21.5. The summed E-state index contributed by atoms with van der Waals surface area (Å²) >= 11 is 0. The maximum Gasteiger partial charge on any atom is 0.262 e. The Hall–Kier alpha value is -2.43. The predicted octanol–water partition coefficient (Wildman–Crippen LogP) is 1.34. The molecule has 0 bridgehead atoms. The minimum atomic E-state index is -0.227. The first-order chi connectivity index (χ1) is 8.20. The number of carbonyl (C=O) groups excluding carboxylic acids is 1. The summed E-state index contributed by atoms with van der Waals surface area (Å²) < 4.78 is 0. The number of nitrogens with two attached hydrogens (primary N) is 1. The van der Waals surface area contributed by atoms with Crippen LogP contribution in [0, 0.1) is 0 Å². The maximum absolute atomic E-state index is 12.1. The average molecular weight is 228 g/mol. The van der Waals surface area contributed by atoms with Crippen molar-refractivity contribution < 1.29 is 4.79 Å². The van der Waals surface area contributed by atoms with Crippen molar-refractivity contribution in [2.45, 2.75) is 0 Å². The van der Waals surface area contributed by atoms with Gasteiger partial charge in [0.05, 0.1) is 5.56 Å². The van der Waals surface area contributed by atoms with Crippen LogP contribution in [0.2, 0.25) is 0 Å². The van der Waals surface area contributed by atoms with E-state index in [1.807, 2.05) is 0 Å². The van der Waals surface area contributed by atoms with Crippen molar-refractivity contribution >= 4 is 17.5 Å². The van der Waals surface area contributed by atoms with Gasteiger partial charge in [0.25, 0.3) is 5.91 Å². The van der Waals surface area contributed by atoms with E-state index < -0.39 is 0 Å². The highest BCUT2D eigenvalue weighted by molar-refractivity contribution is 6.08. The predicted molar refractivity (Wildman–Crippen MR) is 65.6 cm³/mol. The van der Waals surface area contributed by atoms with Crippen molar-refractivity contribution in [1.82, 2.24) is 9.97 Å². The first-order valence-electron chi connectivity index (χ1n) is 5.09. The average Bonchev–Trinajstić information content (AvgIpc) is 2.39. The number of carbonyl (C=O) groups is 1. The number of hydrogen-bond donors (Lipinski definition) is 1. The lowest BCUT2D eigenvalue weighted by Crippen LogP contribution is -2.28. The van der Waals surface area contributed by atoms with Crippen molar-refractivity contribution in [2.75, 3.05) is 17.7 Å². The fourth-order valence-corrected chi connectivity index (χ4v) is 1.43. The van der Waals surface area contributed by atoms with Crippen LogP contribution in [-0.4, -0.2) is 22.9 Å². The molecule has 0 unspecified atom stereocenters. The van der Waals surface area contributed by atoms with Gasteiger partial charge >= 0.3 is 0 Å². The van der Waals surface area contributed by atoms with E-state index in [0.29, 0.717) is 17.2 Å². The van der Waals surface area contributed by atoms with Crippen LogP contribution in [0.5, 0.6) is 0 Å². The summed E-state index contributed by atoms with van der Waals surface area (Å²) in [6, 6.07) is 8.61. The van der Waals surface area contributed by atoms with E-state index in [9.17, 15) is 4.79 Å². The third-order valence-corrected chi connectivity index (χ3v) is 2.35. The lowest BCUT2D eigenvalue weighted by Gasteiger charge is -2.15. The van der Waals surface area contributed by atoms with E-state index in [0.717, 1.165) is 0 Å². The minimum Gasteiger partial charge on any atom is -0.398 e. The Morgan fingerprint density at radius 1 is 1.18 bits per heavy atom. The molecule has 0 saturated heterocycles. The lowest BCUT2D eigenvalue weighted by atomic mass is 10.1. The highest BCUT2D eigenvalue weighted by Crippen LogP contribution is 2.15. The van der Waals surface area contributed by atoms with Crippen molar-refractivity contribution in [2.24, 2.45) is 0 Å². The molecule has 86 valence electrons. The summed E-state index contributed by atoms with van der Waals surface area (Å²) in [6.45, 7) is 0. The maximum atomic E-state index is 12.1. The zero-order valence-corrected chi connectivity index (χ0v) is 9.37. The molecule has 5 nitrogen and oxygen atoms in total. The molecule has 0 aliphatic rings. The second-order valence-corrected chi connectivity index (χ2v) is 3.50. The number of benzene rings is 1. The van der Waals surface area contributed by atoms with Crippen LogP contribution in [0.1, 0.15) is 10.4 Å². The molecule has 0 fully saturated rings. The fourth-order valence-electron chi connectivity index (χ4n) is 1.43. The van der Waals surface area contributed by atoms with E-state index in [2.05, 4.69) is 9.97 Å². The highest BCUT2D eigenvalue weighted by atomic mass is 16.2. The zero-order chi connectivity index (χ0) is 12.3. The number of nitrogens with zero attached hydrogens (tertiary/aromatic N) is 3. The second kappa shape index (κ2) is 4.61. The summed E-state index contributed by atoms with van der Waals surface area (Å²) in [5, 5.41) is 0. The van der Waals surface area contributed by atoms with Crippen molar-refractivity contribution in [3.05, 3.63) is 48.3 Å². The number of anilines is 2. The molecule has 0 spiro atoms. The fraction of sp³-hybridized carbons (Fsp3) is 0.0833. The summed E-state index contributed by atoms with van der Waals surface area (Å²) in [7, 11) is 1.62. The van der Waals surface area contributed by atoms with Crippen LogP contribution in [0.3, 0.4) is 0 Å². The van der Waals surface area contributed by atoms with Gasteiger partial charge in [0.15, 0.2) is 0 Å². The Bertz CT molecular complexity index is 527. The number of hydrogen-bond acceptors (Lipinski definition) is 4. The molecule has 2 aromatic rings. The molecule has 0 aliphatic heterocycles. The van der Waals surface area contributed by atoms with Gasteiger partial charge in [0, 0.05) is 25.1 Å². The topological polar surface area (TPSA) is 72.1 Å². The van der Waals surface area contributed by atoms with Crippen LogP contribution in [0.25, 0.3) is 0 Å². The van der Waals surface area contributed by atoms with Crippen LogP contribution in [-0.2, 0) is 0 Å². The van der Waals surface area contributed by atoms with Crippen molar-refractivity contribution in [3.63, 3.8) is 0 Å². The van der Waals surface area contributed by atoms with Crippen LogP contribution >= 0.6 is 0 Å². The van der Waals surface area contributed by atoms with Crippen LogP contribution in [0.4, 0.5) is 11.6 Å². The van der Waals surface area contributed by atoms with Crippen molar-refractivity contribution in [1.29, 1.82) is 0 Å². The van der Waals surface area contributed by atoms with E-state index in [1.54, 1.807) is 49.8 Å². The molecule has 1 amide bonds. The van der Waals surface area contributed by atoms with E-state index in [4.69, 9.17) is 5.73 Å². The number of aromatic nitrogens is 2. The molecule has 1 heterocycles. The molecule has 1 aromatic heterocycles. The zero-order valence-electron chi connectivity index (χ0n) is 9.37. The Kier molecular flexibility index (Phi) is 3.00. The summed E-state index contributed by atoms with van der Waals surface area (Å²) in [5.74, 6) is 0.120. The molecule has 2 N–H and O–H groups in total. The SMILES string of the molecule is CN(C(=O)c1ccccc1N)c1ncccn1. The van der Waals surface area contributed by atoms with E-state index >= 15 is 0 Å². The largest absolute Gasteiger partial charge is 0.398 e. The quantitative estimate of drug-likeness (QED) is 0.787.